The number of benzene rings is 2. The van der Waals surface area contributed by atoms with Crippen LogP contribution >= 0.6 is 11.8 Å². The van der Waals surface area contributed by atoms with E-state index < -0.39 is 0 Å². The van der Waals surface area contributed by atoms with Crippen LogP contribution in [-0.2, 0) is 17.8 Å². The SMILES string of the molecule is O=C(CSc1nnc(CNc2ccccc2F)n1CC1CCCO1)c1ccccc1. The van der Waals surface area contributed by atoms with E-state index >= 15 is 0 Å². The predicted octanol–water partition coefficient (Wildman–Crippen LogP) is 4.18. The van der Waals surface area contributed by atoms with Crippen LogP contribution in [0.1, 0.15) is 29.0 Å². The molecule has 1 aliphatic rings. The Kier molecular flexibility index (Phi) is 6.76. The Hall–Kier alpha value is -2.71. The minimum atomic E-state index is -0.314. The van der Waals surface area contributed by atoms with Crippen LogP contribution < -0.4 is 5.32 Å². The average molecular weight is 427 g/mol. The number of Topliss-reactive ketones (excluding diaryl/α,β-unsaturated/α-hetero) is 1. The number of para-hydroxylation sites is 1. The van der Waals surface area contributed by atoms with Gasteiger partial charge in [-0.3, -0.25) is 4.79 Å². The zero-order chi connectivity index (χ0) is 20.8. The molecule has 0 spiro atoms. The van der Waals surface area contributed by atoms with Crippen LogP contribution in [0.3, 0.4) is 0 Å². The molecule has 0 radical (unpaired) electrons. The summed E-state index contributed by atoms with van der Waals surface area (Å²) in [5.74, 6) is 0.682. The lowest BCUT2D eigenvalue weighted by atomic mass is 10.2. The maximum absolute atomic E-state index is 13.9. The molecule has 1 unspecified atom stereocenters. The quantitative estimate of drug-likeness (QED) is 0.409. The molecular formula is C22H23FN4O2S. The molecule has 1 atom stereocenters. The lowest BCUT2D eigenvalue weighted by molar-refractivity contribution is 0.0942. The molecule has 1 aliphatic heterocycles. The molecule has 1 aromatic heterocycles. The summed E-state index contributed by atoms with van der Waals surface area (Å²) in [6.07, 6.45) is 2.10. The summed E-state index contributed by atoms with van der Waals surface area (Å²) in [4.78, 5) is 12.5. The van der Waals surface area contributed by atoms with Crippen LogP contribution in [0.5, 0.6) is 0 Å². The first kappa shape index (κ1) is 20.6. The fourth-order valence-corrected chi connectivity index (χ4v) is 4.21. The van der Waals surface area contributed by atoms with Crippen molar-refractivity contribution in [1.82, 2.24) is 14.8 Å². The molecule has 0 saturated carbocycles. The molecule has 0 aliphatic carbocycles. The van der Waals surface area contributed by atoms with Crippen LogP contribution in [0.4, 0.5) is 10.1 Å². The van der Waals surface area contributed by atoms with Gasteiger partial charge in [-0.05, 0) is 25.0 Å². The second kappa shape index (κ2) is 9.86. The van der Waals surface area contributed by atoms with Gasteiger partial charge < -0.3 is 14.6 Å². The van der Waals surface area contributed by atoms with Gasteiger partial charge in [-0.1, -0.05) is 54.2 Å². The number of anilines is 1. The van der Waals surface area contributed by atoms with E-state index in [1.165, 1.54) is 17.8 Å². The summed E-state index contributed by atoms with van der Waals surface area (Å²) >= 11 is 1.36. The van der Waals surface area contributed by atoms with Gasteiger partial charge in [0, 0.05) is 12.2 Å². The number of carbonyl (C=O) groups is 1. The number of carbonyl (C=O) groups excluding carboxylic acids is 1. The van der Waals surface area contributed by atoms with Crippen LogP contribution in [-0.4, -0.2) is 39.0 Å². The summed E-state index contributed by atoms with van der Waals surface area (Å²) in [6.45, 7) is 1.70. The van der Waals surface area contributed by atoms with Crippen molar-refractivity contribution >= 4 is 23.2 Å². The van der Waals surface area contributed by atoms with E-state index in [4.69, 9.17) is 4.74 Å². The monoisotopic (exact) mass is 426 g/mol. The lowest BCUT2D eigenvalue weighted by Crippen LogP contribution is -2.19. The standard InChI is InChI=1S/C22H23FN4O2S/c23-18-10-4-5-11-19(18)24-13-21-25-26-22(27(21)14-17-9-6-12-29-17)30-15-20(28)16-7-2-1-3-8-16/h1-5,7-8,10-11,17,24H,6,9,12-15H2. The molecule has 8 heteroatoms. The van der Waals surface area contributed by atoms with Crippen molar-refractivity contribution in [3.63, 3.8) is 0 Å². The number of thioether (sulfide) groups is 1. The minimum absolute atomic E-state index is 0.0401. The van der Waals surface area contributed by atoms with Crippen molar-refractivity contribution in [1.29, 1.82) is 0 Å². The molecule has 30 heavy (non-hydrogen) atoms. The third-order valence-corrected chi connectivity index (χ3v) is 5.91. The minimum Gasteiger partial charge on any atom is -0.376 e. The number of aromatic nitrogens is 3. The molecule has 156 valence electrons. The second-order valence-electron chi connectivity index (χ2n) is 7.06. The molecule has 1 fully saturated rings. The molecule has 1 saturated heterocycles. The van der Waals surface area contributed by atoms with E-state index in [1.54, 1.807) is 18.2 Å². The first-order valence-electron chi connectivity index (χ1n) is 9.94. The number of nitrogens with one attached hydrogen (secondary N) is 1. The van der Waals surface area contributed by atoms with Crippen LogP contribution in [0, 0.1) is 5.82 Å². The smallest absolute Gasteiger partial charge is 0.191 e. The fraction of sp³-hybridized carbons (Fsp3) is 0.318. The highest BCUT2D eigenvalue weighted by molar-refractivity contribution is 7.99. The molecule has 6 nitrogen and oxygen atoms in total. The third kappa shape index (κ3) is 5.06. The summed E-state index contributed by atoms with van der Waals surface area (Å²) in [5.41, 5.74) is 1.09. The predicted molar refractivity (Wildman–Crippen MR) is 114 cm³/mol. The Morgan fingerprint density at radius 2 is 1.97 bits per heavy atom. The average Bonchev–Trinajstić information content (AvgIpc) is 3.43. The number of ether oxygens (including phenoxy) is 1. The number of halogens is 1. The Morgan fingerprint density at radius 3 is 2.73 bits per heavy atom. The van der Waals surface area contributed by atoms with Gasteiger partial charge in [-0.2, -0.15) is 0 Å². The Morgan fingerprint density at radius 1 is 1.17 bits per heavy atom. The van der Waals surface area contributed by atoms with Crippen molar-refractivity contribution in [2.75, 3.05) is 17.7 Å². The molecule has 3 aromatic rings. The van der Waals surface area contributed by atoms with Gasteiger partial charge in [0.05, 0.1) is 30.6 Å². The maximum atomic E-state index is 13.9. The van der Waals surface area contributed by atoms with E-state index in [9.17, 15) is 9.18 Å². The largest absolute Gasteiger partial charge is 0.376 e. The van der Waals surface area contributed by atoms with Gasteiger partial charge in [0.25, 0.3) is 0 Å². The number of rotatable bonds is 9. The fourth-order valence-electron chi connectivity index (χ4n) is 3.35. The van der Waals surface area contributed by atoms with E-state index in [2.05, 4.69) is 15.5 Å². The van der Waals surface area contributed by atoms with E-state index in [1.807, 2.05) is 34.9 Å². The zero-order valence-corrected chi connectivity index (χ0v) is 17.3. The molecule has 2 heterocycles. The summed E-state index contributed by atoms with van der Waals surface area (Å²) in [6, 6.07) is 15.7. The van der Waals surface area contributed by atoms with Crippen LogP contribution in [0.25, 0.3) is 0 Å². The van der Waals surface area contributed by atoms with Crippen molar-refractivity contribution < 1.29 is 13.9 Å². The zero-order valence-electron chi connectivity index (χ0n) is 16.5. The van der Waals surface area contributed by atoms with E-state index in [0.29, 0.717) is 35.3 Å². The van der Waals surface area contributed by atoms with Gasteiger partial charge in [0.2, 0.25) is 0 Å². The Bertz CT molecular complexity index is 990. The van der Waals surface area contributed by atoms with Crippen molar-refractivity contribution in [2.24, 2.45) is 0 Å². The van der Waals surface area contributed by atoms with Gasteiger partial charge in [0.1, 0.15) is 5.82 Å². The highest BCUT2D eigenvalue weighted by Crippen LogP contribution is 2.23. The van der Waals surface area contributed by atoms with Crippen molar-refractivity contribution in [3.05, 3.63) is 71.8 Å². The van der Waals surface area contributed by atoms with E-state index in [0.717, 1.165) is 19.4 Å². The normalized spacial score (nSPS) is 16.0. The maximum Gasteiger partial charge on any atom is 0.191 e. The van der Waals surface area contributed by atoms with Gasteiger partial charge in [-0.15, -0.1) is 10.2 Å². The number of hydrogen-bond acceptors (Lipinski definition) is 6. The van der Waals surface area contributed by atoms with Crippen molar-refractivity contribution in [3.8, 4) is 0 Å². The molecule has 2 aromatic carbocycles. The molecule has 0 amide bonds. The number of hydrogen-bond donors (Lipinski definition) is 1. The number of ketones is 1. The summed E-state index contributed by atoms with van der Waals surface area (Å²) < 4.78 is 21.7. The highest BCUT2D eigenvalue weighted by Gasteiger charge is 2.21. The molecule has 0 bridgehead atoms. The van der Waals surface area contributed by atoms with Gasteiger partial charge in [-0.25, -0.2) is 4.39 Å². The van der Waals surface area contributed by atoms with Crippen molar-refractivity contribution in [2.45, 2.75) is 37.2 Å². The Labute approximate surface area is 178 Å². The first-order chi connectivity index (χ1) is 14.7. The molecular weight excluding hydrogens is 403 g/mol. The van der Waals surface area contributed by atoms with Gasteiger partial charge in [0.15, 0.2) is 16.8 Å². The van der Waals surface area contributed by atoms with Gasteiger partial charge >= 0.3 is 0 Å². The van der Waals surface area contributed by atoms with Crippen LogP contribution in [0.15, 0.2) is 59.8 Å². The first-order valence-corrected chi connectivity index (χ1v) is 10.9. The summed E-state index contributed by atoms with van der Waals surface area (Å²) in [5, 5.41) is 12.3. The second-order valence-corrected chi connectivity index (χ2v) is 8.00. The lowest BCUT2D eigenvalue weighted by Gasteiger charge is -2.15. The van der Waals surface area contributed by atoms with E-state index in [-0.39, 0.29) is 23.5 Å². The van der Waals surface area contributed by atoms with Crippen LogP contribution in [0.2, 0.25) is 0 Å². The molecule has 4 rings (SSSR count). The highest BCUT2D eigenvalue weighted by atomic mass is 32.2. The Balaban J connectivity index is 1.48. The topological polar surface area (TPSA) is 69.0 Å². The summed E-state index contributed by atoms with van der Waals surface area (Å²) in [7, 11) is 0. The number of nitrogens with zero attached hydrogens (tertiary/aromatic N) is 3. The third-order valence-electron chi connectivity index (χ3n) is 4.94. The molecule has 1 N–H and O–H groups in total.